The average molecular weight is 752 g/mol. The number of amides is 3. The van der Waals surface area contributed by atoms with Gasteiger partial charge in [-0.2, -0.15) is 0 Å². The largest absolute Gasteiger partial charge is 0.497 e. The van der Waals surface area contributed by atoms with E-state index in [1.54, 1.807) is 13.2 Å². The van der Waals surface area contributed by atoms with Crippen molar-refractivity contribution in [2.24, 2.45) is 5.92 Å². The van der Waals surface area contributed by atoms with Crippen molar-refractivity contribution in [2.75, 3.05) is 27.7 Å². The number of benzene rings is 3. The third kappa shape index (κ3) is 7.56. The van der Waals surface area contributed by atoms with Crippen LogP contribution in [0, 0.1) is 5.92 Å². The van der Waals surface area contributed by atoms with Gasteiger partial charge in [0.1, 0.15) is 29.2 Å². The predicted octanol–water partition coefficient (Wildman–Crippen LogP) is 4.10. The normalized spacial score (nSPS) is 22.7. The fourth-order valence-corrected chi connectivity index (χ4v) is 8.61. The predicted molar refractivity (Wildman–Crippen MR) is 205 cm³/mol. The summed E-state index contributed by atoms with van der Waals surface area (Å²) in [5, 5.41) is 3.00. The van der Waals surface area contributed by atoms with E-state index < -0.39 is 56.7 Å². The third-order valence-corrected chi connectivity index (χ3v) is 12.4. The van der Waals surface area contributed by atoms with Crippen LogP contribution in [0.4, 0.5) is 0 Å². The Labute approximate surface area is 315 Å². The molecule has 2 heterocycles. The standard InChI is InChI=1S/C41H45N5O7S/c1-5-28-24-41(28,40(49)44-54(50,51)31-17-18-31)43-38(47)35-22-30(25-46(35)39(48)36(45(2)3)20-26-12-8-6-9-13-26)53-37-23-33(27-14-10-7-11-15-27)42-34-21-29(52-4)16-19-32(34)37/h5-16,19,21,23,28,30-31,35-36H,1,17-18,20,22,24-25H2,2-4H3,(H,43,47)(H,44,49)/t28-,30-,35?,36+,41-/m1/s1. The molecule has 2 aliphatic carbocycles. The third-order valence-electron chi connectivity index (χ3n) is 10.6. The second-order valence-corrected chi connectivity index (χ2v) is 16.5. The smallest absolute Gasteiger partial charge is 0.259 e. The molecule has 0 bridgehead atoms. The average Bonchev–Trinajstić information content (AvgIpc) is 4.10. The molecule has 7 rings (SSSR count). The summed E-state index contributed by atoms with van der Waals surface area (Å²) in [6.45, 7) is 3.91. The molecule has 1 saturated heterocycles. The Kier molecular flexibility index (Phi) is 10.2. The zero-order valence-electron chi connectivity index (χ0n) is 30.6. The summed E-state index contributed by atoms with van der Waals surface area (Å²) in [5.74, 6) is -0.936. The lowest BCUT2D eigenvalue weighted by atomic mass is 10.0. The van der Waals surface area contributed by atoms with E-state index in [1.807, 2.05) is 104 Å². The molecule has 13 heteroatoms. The van der Waals surface area contributed by atoms with Crippen LogP contribution in [-0.4, -0.2) is 97.6 Å². The molecular weight excluding hydrogens is 707 g/mol. The number of fused-ring (bicyclic) bond motifs is 1. The number of likely N-dealkylation sites (tertiary alicyclic amines) is 1. The summed E-state index contributed by atoms with van der Waals surface area (Å²) >= 11 is 0. The minimum absolute atomic E-state index is 0.0941. The molecule has 0 spiro atoms. The molecule has 2 saturated carbocycles. The number of hydrogen-bond acceptors (Lipinski definition) is 9. The number of carbonyl (C=O) groups is 3. The van der Waals surface area contributed by atoms with Gasteiger partial charge in [0.25, 0.3) is 5.91 Å². The molecule has 12 nitrogen and oxygen atoms in total. The van der Waals surface area contributed by atoms with E-state index in [0.717, 1.165) is 16.5 Å². The number of sulfonamides is 1. The molecule has 282 valence electrons. The molecule has 4 aromatic rings. The first-order valence-electron chi connectivity index (χ1n) is 18.1. The van der Waals surface area contributed by atoms with Crippen molar-refractivity contribution in [2.45, 2.75) is 61.1 Å². The zero-order chi connectivity index (χ0) is 38.2. The van der Waals surface area contributed by atoms with Crippen molar-refractivity contribution in [1.82, 2.24) is 24.8 Å². The van der Waals surface area contributed by atoms with E-state index in [-0.39, 0.29) is 25.3 Å². The summed E-state index contributed by atoms with van der Waals surface area (Å²) in [7, 11) is 1.37. The van der Waals surface area contributed by atoms with Crippen molar-refractivity contribution >= 4 is 38.6 Å². The Morgan fingerprint density at radius 2 is 1.74 bits per heavy atom. The van der Waals surface area contributed by atoms with Gasteiger partial charge in [0, 0.05) is 35.4 Å². The van der Waals surface area contributed by atoms with Gasteiger partial charge in [-0.25, -0.2) is 13.4 Å². The van der Waals surface area contributed by atoms with Crippen molar-refractivity contribution in [3.05, 3.63) is 103 Å². The molecule has 3 aliphatic rings. The highest BCUT2D eigenvalue weighted by Crippen LogP contribution is 2.45. The van der Waals surface area contributed by atoms with E-state index in [1.165, 1.54) is 4.90 Å². The number of carbonyl (C=O) groups excluding carboxylic acids is 3. The molecule has 3 fully saturated rings. The van der Waals surface area contributed by atoms with Gasteiger partial charge in [-0.15, -0.1) is 6.58 Å². The SMILES string of the molecule is C=C[C@@H]1C[C@]1(NC(=O)C1C[C@@H](Oc2cc(-c3ccccc3)nc3cc(OC)ccc23)CN1C(=O)[C@H](Cc1ccccc1)N(C)C)C(=O)NS(=O)(=O)C1CC1. The Bertz CT molecular complexity index is 2180. The molecule has 5 atom stereocenters. The number of aromatic nitrogens is 1. The quantitative estimate of drug-likeness (QED) is 0.182. The topological polar surface area (TPSA) is 147 Å². The molecule has 54 heavy (non-hydrogen) atoms. The van der Waals surface area contributed by atoms with Crippen LogP contribution in [0.5, 0.6) is 11.5 Å². The van der Waals surface area contributed by atoms with Crippen LogP contribution in [0.25, 0.3) is 22.2 Å². The van der Waals surface area contributed by atoms with Gasteiger partial charge >= 0.3 is 0 Å². The zero-order valence-corrected chi connectivity index (χ0v) is 31.4. The van der Waals surface area contributed by atoms with E-state index >= 15 is 0 Å². The lowest BCUT2D eigenvalue weighted by molar-refractivity contribution is -0.143. The number of pyridine rings is 1. The number of nitrogens with zero attached hydrogens (tertiary/aromatic N) is 3. The Morgan fingerprint density at radius 1 is 1.04 bits per heavy atom. The number of nitrogens with one attached hydrogen (secondary N) is 2. The fraction of sp³-hybridized carbons (Fsp3) is 0.366. The van der Waals surface area contributed by atoms with E-state index in [9.17, 15) is 22.8 Å². The highest BCUT2D eigenvalue weighted by Gasteiger charge is 2.62. The molecule has 1 aromatic heterocycles. The molecular formula is C41H45N5O7S. The molecule has 2 N–H and O–H groups in total. The van der Waals surface area contributed by atoms with E-state index in [4.69, 9.17) is 14.5 Å². The molecule has 1 aliphatic heterocycles. The molecule has 3 aromatic carbocycles. The van der Waals surface area contributed by atoms with Crippen LogP contribution in [0.3, 0.4) is 0 Å². The fourth-order valence-electron chi connectivity index (χ4n) is 7.25. The van der Waals surface area contributed by atoms with Gasteiger partial charge in [-0.3, -0.25) is 24.0 Å². The summed E-state index contributed by atoms with van der Waals surface area (Å²) in [6.07, 6.45) is 2.62. The monoisotopic (exact) mass is 751 g/mol. The summed E-state index contributed by atoms with van der Waals surface area (Å²) < 4.78 is 39.9. The number of hydrogen-bond donors (Lipinski definition) is 2. The number of likely N-dealkylation sites (N-methyl/N-ethyl adjacent to an activating group) is 1. The first-order valence-corrected chi connectivity index (χ1v) is 19.7. The van der Waals surface area contributed by atoms with Crippen LogP contribution in [-0.2, 0) is 30.8 Å². The van der Waals surface area contributed by atoms with Gasteiger partial charge in [-0.05, 0) is 57.5 Å². The van der Waals surface area contributed by atoms with Crippen LogP contribution >= 0.6 is 0 Å². The number of methoxy groups -OCH3 is 1. The maximum Gasteiger partial charge on any atom is 0.259 e. The Morgan fingerprint density at radius 3 is 2.37 bits per heavy atom. The van der Waals surface area contributed by atoms with E-state index in [0.29, 0.717) is 42.0 Å². The minimum Gasteiger partial charge on any atom is -0.497 e. The van der Waals surface area contributed by atoms with Gasteiger partial charge < -0.3 is 19.7 Å². The minimum atomic E-state index is -3.87. The van der Waals surface area contributed by atoms with Crippen LogP contribution in [0.1, 0.15) is 31.2 Å². The highest BCUT2D eigenvalue weighted by atomic mass is 32.2. The summed E-state index contributed by atoms with van der Waals surface area (Å²) in [4.78, 5) is 50.8. The highest BCUT2D eigenvalue weighted by molar-refractivity contribution is 7.91. The summed E-state index contributed by atoms with van der Waals surface area (Å²) in [5.41, 5.74) is 1.68. The van der Waals surface area contributed by atoms with E-state index in [2.05, 4.69) is 16.6 Å². The maximum atomic E-state index is 14.6. The van der Waals surface area contributed by atoms with Gasteiger partial charge in [0.05, 0.1) is 36.2 Å². The van der Waals surface area contributed by atoms with Crippen molar-refractivity contribution < 1.29 is 32.3 Å². The maximum absolute atomic E-state index is 14.6. The first kappa shape index (κ1) is 37.1. The van der Waals surface area contributed by atoms with Gasteiger partial charge in [0.15, 0.2) is 0 Å². The van der Waals surface area contributed by atoms with Crippen molar-refractivity contribution in [1.29, 1.82) is 0 Å². The lowest BCUT2D eigenvalue weighted by Crippen LogP contribution is -2.58. The second-order valence-electron chi connectivity index (χ2n) is 14.6. The van der Waals surface area contributed by atoms with Crippen molar-refractivity contribution in [3.63, 3.8) is 0 Å². The van der Waals surface area contributed by atoms with Gasteiger partial charge in [-0.1, -0.05) is 66.7 Å². The van der Waals surface area contributed by atoms with Crippen LogP contribution in [0.15, 0.2) is 97.6 Å². The second kappa shape index (κ2) is 14.9. The van der Waals surface area contributed by atoms with Crippen LogP contribution in [0.2, 0.25) is 0 Å². The van der Waals surface area contributed by atoms with Crippen molar-refractivity contribution in [3.8, 4) is 22.8 Å². The molecule has 3 amide bonds. The Balaban J connectivity index is 1.21. The first-order chi connectivity index (χ1) is 25.9. The van der Waals surface area contributed by atoms with Crippen LogP contribution < -0.4 is 19.5 Å². The summed E-state index contributed by atoms with van der Waals surface area (Å²) in [6, 6.07) is 25.1. The number of rotatable bonds is 14. The van der Waals surface area contributed by atoms with Gasteiger partial charge in [0.2, 0.25) is 21.8 Å². The lowest BCUT2D eigenvalue weighted by Gasteiger charge is -2.32. The number of ether oxygens (including phenoxy) is 2. The Hall–Kier alpha value is -5.27. The molecule has 0 radical (unpaired) electrons. The molecule has 1 unspecified atom stereocenters.